The van der Waals surface area contributed by atoms with Crippen LogP contribution in [0.4, 0.5) is 5.69 Å². The summed E-state index contributed by atoms with van der Waals surface area (Å²) >= 11 is 5.92. The van der Waals surface area contributed by atoms with Gasteiger partial charge < -0.3 is 10.3 Å². The maximum Gasteiger partial charge on any atom is 0.328 e. The Bertz CT molecular complexity index is 879. The first-order chi connectivity index (χ1) is 12.1. The van der Waals surface area contributed by atoms with E-state index in [-0.39, 0.29) is 23.3 Å². The summed E-state index contributed by atoms with van der Waals surface area (Å²) in [6, 6.07) is 7.47. The number of hydrogen-bond acceptors (Lipinski definition) is 3. The van der Waals surface area contributed by atoms with Crippen molar-refractivity contribution in [3.63, 3.8) is 0 Å². The van der Waals surface area contributed by atoms with Crippen molar-refractivity contribution in [2.75, 3.05) is 5.32 Å². The Morgan fingerprint density at radius 2 is 1.76 bits per heavy atom. The highest BCUT2D eigenvalue weighted by Crippen LogP contribution is 2.31. The second-order valence-electron chi connectivity index (χ2n) is 7.03. The van der Waals surface area contributed by atoms with Gasteiger partial charge in [-0.05, 0) is 49.9 Å². The van der Waals surface area contributed by atoms with Gasteiger partial charge in [-0.15, -0.1) is 0 Å². The van der Waals surface area contributed by atoms with Crippen molar-refractivity contribution in [1.29, 1.82) is 0 Å². The zero-order valence-corrected chi connectivity index (χ0v) is 14.8. The van der Waals surface area contributed by atoms with E-state index in [9.17, 15) is 9.59 Å². The standard InChI is InChI=1S/C19H22ClN3O2/c20-12-6-8-13(9-7-12)21-16-11-10-15-17(16)22-19(25)23(18(15)24)14-4-2-1-3-5-14/h6-9,14,16,21H,1-5,10-11H2,(H,22,25). The summed E-state index contributed by atoms with van der Waals surface area (Å²) in [7, 11) is 0. The minimum Gasteiger partial charge on any atom is -0.377 e. The first-order valence-electron chi connectivity index (χ1n) is 9.03. The van der Waals surface area contributed by atoms with Gasteiger partial charge in [0.2, 0.25) is 0 Å². The zero-order chi connectivity index (χ0) is 17.4. The molecule has 1 heterocycles. The SMILES string of the molecule is O=c1[nH]c2c(c(=O)n1C1CCCCC1)CCC2Nc1ccc(Cl)cc1. The Hall–Kier alpha value is -2.01. The van der Waals surface area contributed by atoms with Crippen LogP contribution in [0.25, 0.3) is 0 Å². The number of nitrogens with zero attached hydrogens (tertiary/aromatic N) is 1. The Balaban J connectivity index is 1.65. The van der Waals surface area contributed by atoms with Crippen LogP contribution in [-0.4, -0.2) is 9.55 Å². The molecule has 132 valence electrons. The summed E-state index contributed by atoms with van der Waals surface area (Å²) in [5.41, 5.74) is 2.08. The summed E-state index contributed by atoms with van der Waals surface area (Å²) in [5, 5.41) is 4.08. The third-order valence-corrected chi connectivity index (χ3v) is 5.67. The van der Waals surface area contributed by atoms with Crippen LogP contribution in [-0.2, 0) is 6.42 Å². The Kier molecular flexibility index (Phi) is 4.42. The van der Waals surface area contributed by atoms with Crippen LogP contribution in [0.1, 0.15) is 61.9 Å². The number of aromatic nitrogens is 2. The molecular weight excluding hydrogens is 338 g/mol. The van der Waals surface area contributed by atoms with Crippen LogP contribution in [0.2, 0.25) is 5.02 Å². The first-order valence-corrected chi connectivity index (χ1v) is 9.41. The zero-order valence-electron chi connectivity index (χ0n) is 14.1. The molecule has 0 amide bonds. The van der Waals surface area contributed by atoms with Gasteiger partial charge in [0.05, 0.1) is 11.7 Å². The predicted octanol–water partition coefficient (Wildman–Crippen LogP) is 3.79. The van der Waals surface area contributed by atoms with Crippen molar-refractivity contribution in [2.45, 2.75) is 57.0 Å². The summed E-state index contributed by atoms with van der Waals surface area (Å²) in [5.74, 6) is 0. The summed E-state index contributed by atoms with van der Waals surface area (Å²) in [6.07, 6.45) is 6.73. The number of hydrogen-bond donors (Lipinski definition) is 2. The first kappa shape index (κ1) is 16.5. The van der Waals surface area contributed by atoms with Gasteiger partial charge in [0.15, 0.2) is 0 Å². The minimum atomic E-state index is -0.263. The molecule has 5 nitrogen and oxygen atoms in total. The average Bonchev–Trinajstić information content (AvgIpc) is 3.01. The Labute approximate surface area is 151 Å². The molecular formula is C19H22ClN3O2. The molecule has 0 spiro atoms. The van der Waals surface area contributed by atoms with E-state index in [1.54, 1.807) is 0 Å². The van der Waals surface area contributed by atoms with E-state index in [2.05, 4.69) is 10.3 Å². The van der Waals surface area contributed by atoms with Crippen LogP contribution < -0.4 is 16.6 Å². The molecule has 25 heavy (non-hydrogen) atoms. The quantitative estimate of drug-likeness (QED) is 0.876. The molecule has 0 bridgehead atoms. The molecule has 1 unspecified atom stereocenters. The highest BCUT2D eigenvalue weighted by molar-refractivity contribution is 6.30. The second kappa shape index (κ2) is 6.71. The minimum absolute atomic E-state index is 0.0439. The monoisotopic (exact) mass is 359 g/mol. The lowest BCUT2D eigenvalue weighted by Gasteiger charge is -2.24. The maximum absolute atomic E-state index is 12.9. The van der Waals surface area contributed by atoms with Crippen LogP contribution >= 0.6 is 11.6 Å². The number of nitrogens with one attached hydrogen (secondary N) is 2. The molecule has 1 aromatic heterocycles. The van der Waals surface area contributed by atoms with Gasteiger partial charge in [-0.1, -0.05) is 30.9 Å². The number of rotatable bonds is 3. The molecule has 1 fully saturated rings. The number of benzene rings is 1. The smallest absolute Gasteiger partial charge is 0.328 e. The fraction of sp³-hybridized carbons (Fsp3) is 0.474. The van der Waals surface area contributed by atoms with E-state index in [4.69, 9.17) is 11.6 Å². The normalized spacial score (nSPS) is 20.4. The molecule has 0 radical (unpaired) electrons. The van der Waals surface area contributed by atoms with Crippen molar-refractivity contribution in [2.24, 2.45) is 0 Å². The number of halogens is 1. The Morgan fingerprint density at radius 1 is 1.04 bits per heavy atom. The molecule has 0 saturated heterocycles. The second-order valence-corrected chi connectivity index (χ2v) is 7.47. The number of aromatic amines is 1. The van der Waals surface area contributed by atoms with Gasteiger partial charge >= 0.3 is 5.69 Å². The molecule has 1 saturated carbocycles. The molecule has 1 aromatic carbocycles. The van der Waals surface area contributed by atoms with Gasteiger partial charge in [-0.3, -0.25) is 9.36 Å². The Morgan fingerprint density at radius 3 is 2.48 bits per heavy atom. The summed E-state index contributed by atoms with van der Waals surface area (Å²) < 4.78 is 1.47. The van der Waals surface area contributed by atoms with Gasteiger partial charge in [0.1, 0.15) is 0 Å². The van der Waals surface area contributed by atoms with E-state index in [1.165, 1.54) is 11.0 Å². The largest absolute Gasteiger partial charge is 0.377 e. The maximum atomic E-state index is 12.9. The number of fused-ring (bicyclic) bond motifs is 1. The van der Waals surface area contributed by atoms with E-state index in [0.29, 0.717) is 11.4 Å². The van der Waals surface area contributed by atoms with Crippen molar-refractivity contribution >= 4 is 17.3 Å². The molecule has 1 atom stereocenters. The average molecular weight is 360 g/mol. The predicted molar refractivity (Wildman–Crippen MR) is 99.6 cm³/mol. The highest BCUT2D eigenvalue weighted by Gasteiger charge is 2.29. The fourth-order valence-electron chi connectivity index (χ4n) is 4.14. The molecule has 0 aliphatic heterocycles. The van der Waals surface area contributed by atoms with E-state index < -0.39 is 0 Å². The van der Waals surface area contributed by atoms with Gasteiger partial charge in [-0.2, -0.15) is 0 Å². The van der Waals surface area contributed by atoms with Crippen molar-refractivity contribution in [3.05, 3.63) is 61.4 Å². The van der Waals surface area contributed by atoms with E-state index in [1.807, 2.05) is 24.3 Å². The summed E-state index contributed by atoms with van der Waals surface area (Å²) in [6.45, 7) is 0. The molecule has 4 rings (SSSR count). The van der Waals surface area contributed by atoms with E-state index in [0.717, 1.165) is 49.0 Å². The number of H-pyrrole nitrogens is 1. The van der Waals surface area contributed by atoms with Crippen LogP contribution in [0.15, 0.2) is 33.9 Å². The molecule has 6 heteroatoms. The topological polar surface area (TPSA) is 66.9 Å². The third-order valence-electron chi connectivity index (χ3n) is 5.42. The molecule has 2 N–H and O–H groups in total. The van der Waals surface area contributed by atoms with E-state index >= 15 is 0 Å². The lowest BCUT2D eigenvalue weighted by atomic mass is 9.95. The van der Waals surface area contributed by atoms with Crippen molar-refractivity contribution in [1.82, 2.24) is 9.55 Å². The van der Waals surface area contributed by atoms with Crippen LogP contribution in [0, 0.1) is 0 Å². The summed E-state index contributed by atoms with van der Waals surface area (Å²) in [4.78, 5) is 28.5. The van der Waals surface area contributed by atoms with Crippen molar-refractivity contribution < 1.29 is 0 Å². The lowest BCUT2D eigenvalue weighted by Crippen LogP contribution is -2.41. The third kappa shape index (κ3) is 3.13. The van der Waals surface area contributed by atoms with Crippen LogP contribution in [0.5, 0.6) is 0 Å². The highest BCUT2D eigenvalue weighted by atomic mass is 35.5. The molecule has 2 aliphatic carbocycles. The fourth-order valence-corrected chi connectivity index (χ4v) is 4.26. The van der Waals surface area contributed by atoms with Crippen LogP contribution in [0.3, 0.4) is 0 Å². The van der Waals surface area contributed by atoms with Crippen molar-refractivity contribution in [3.8, 4) is 0 Å². The molecule has 2 aromatic rings. The molecule has 2 aliphatic rings. The van der Waals surface area contributed by atoms with Gasteiger partial charge in [0, 0.05) is 22.3 Å². The van der Waals surface area contributed by atoms with Gasteiger partial charge in [-0.25, -0.2) is 4.79 Å². The van der Waals surface area contributed by atoms with Gasteiger partial charge in [0.25, 0.3) is 5.56 Å². The lowest BCUT2D eigenvalue weighted by molar-refractivity contribution is 0.335. The number of anilines is 1.